The molecule has 2 aromatic carbocycles. The zero-order valence-corrected chi connectivity index (χ0v) is 16.7. The van der Waals surface area contributed by atoms with E-state index in [1.54, 1.807) is 29.2 Å². The van der Waals surface area contributed by atoms with Crippen LogP contribution >= 0.6 is 0 Å². The second kappa shape index (κ2) is 7.65. The lowest BCUT2D eigenvalue weighted by molar-refractivity contribution is -0.145. The largest absolute Gasteiger partial charge is 0.457 e. The van der Waals surface area contributed by atoms with Crippen molar-refractivity contribution in [2.75, 3.05) is 13.1 Å². The van der Waals surface area contributed by atoms with Gasteiger partial charge in [-0.1, -0.05) is 18.2 Å². The molecule has 2 saturated heterocycles. The predicted octanol–water partition coefficient (Wildman–Crippen LogP) is 3.39. The molecule has 0 aromatic heterocycles. The molecular formula is C24H21FN2O4. The van der Waals surface area contributed by atoms with Crippen molar-refractivity contribution in [3.8, 4) is 11.5 Å². The van der Waals surface area contributed by atoms with Gasteiger partial charge >= 0.3 is 0 Å². The zero-order chi connectivity index (χ0) is 21.5. The Balaban J connectivity index is 1.23. The average molecular weight is 420 g/mol. The van der Waals surface area contributed by atoms with Crippen molar-refractivity contribution in [3.63, 3.8) is 0 Å². The summed E-state index contributed by atoms with van der Waals surface area (Å²) in [5.41, 5.74) is 0.454. The molecule has 31 heavy (non-hydrogen) atoms. The molecule has 2 aromatic rings. The lowest BCUT2D eigenvalue weighted by Crippen LogP contribution is -2.62. The summed E-state index contributed by atoms with van der Waals surface area (Å²) in [6.45, 7) is 0.679. The number of allylic oxidation sites excluding steroid dienone is 2. The molecule has 3 aliphatic rings. The summed E-state index contributed by atoms with van der Waals surface area (Å²) in [5, 5.41) is 0. The molecule has 2 unspecified atom stereocenters. The first-order valence-corrected chi connectivity index (χ1v) is 10.4. The number of nitrogens with zero attached hydrogens (tertiary/aromatic N) is 2. The van der Waals surface area contributed by atoms with E-state index in [0.717, 1.165) is 0 Å². The van der Waals surface area contributed by atoms with Gasteiger partial charge in [0.1, 0.15) is 17.3 Å². The Hall–Kier alpha value is -3.48. The monoisotopic (exact) mass is 420 g/mol. The third kappa shape index (κ3) is 3.50. The van der Waals surface area contributed by atoms with Crippen LogP contribution in [0, 0.1) is 17.7 Å². The van der Waals surface area contributed by atoms with Crippen molar-refractivity contribution in [1.82, 2.24) is 9.80 Å². The molecule has 2 atom stereocenters. The molecule has 2 fully saturated rings. The zero-order valence-electron chi connectivity index (χ0n) is 16.7. The van der Waals surface area contributed by atoms with Crippen LogP contribution in [0.5, 0.6) is 11.5 Å². The van der Waals surface area contributed by atoms with Gasteiger partial charge in [-0.3, -0.25) is 19.3 Å². The molecule has 1 aliphatic carbocycles. The van der Waals surface area contributed by atoms with Crippen LogP contribution in [0.15, 0.2) is 60.7 Å². The number of hydrogen-bond acceptors (Lipinski definition) is 4. The number of hydrogen-bond donors (Lipinski definition) is 0. The number of ether oxygens (including phenoxy) is 1. The number of imide groups is 1. The van der Waals surface area contributed by atoms with Crippen LogP contribution in [-0.2, 0) is 9.59 Å². The fourth-order valence-electron chi connectivity index (χ4n) is 4.48. The molecule has 0 bridgehead atoms. The normalized spacial score (nSPS) is 23.0. The van der Waals surface area contributed by atoms with Crippen LogP contribution in [0.4, 0.5) is 4.39 Å². The van der Waals surface area contributed by atoms with Crippen LogP contribution in [-0.4, -0.2) is 46.7 Å². The molecule has 3 amide bonds. The summed E-state index contributed by atoms with van der Waals surface area (Å²) < 4.78 is 18.8. The number of likely N-dealkylation sites (tertiary alicyclic amines) is 2. The highest BCUT2D eigenvalue weighted by Crippen LogP contribution is 2.37. The predicted molar refractivity (Wildman–Crippen MR) is 110 cm³/mol. The van der Waals surface area contributed by atoms with E-state index < -0.39 is 0 Å². The molecular weight excluding hydrogens is 399 g/mol. The minimum Gasteiger partial charge on any atom is -0.457 e. The molecule has 0 saturated carbocycles. The number of halogens is 1. The lowest BCUT2D eigenvalue weighted by atomic mass is 9.85. The summed E-state index contributed by atoms with van der Waals surface area (Å²) in [5.74, 6) is -0.302. The Morgan fingerprint density at radius 3 is 2.19 bits per heavy atom. The Kier molecular flexibility index (Phi) is 4.81. The van der Waals surface area contributed by atoms with Gasteiger partial charge in [0.05, 0.1) is 17.9 Å². The van der Waals surface area contributed by atoms with Gasteiger partial charge in [-0.15, -0.1) is 0 Å². The summed E-state index contributed by atoms with van der Waals surface area (Å²) in [6.07, 6.45) is 5.16. The average Bonchev–Trinajstić information content (AvgIpc) is 3.00. The summed E-state index contributed by atoms with van der Waals surface area (Å²) in [6, 6.07) is 12.1. The third-order valence-electron chi connectivity index (χ3n) is 6.19. The number of carbonyl (C=O) groups excluding carboxylic acids is 3. The molecule has 6 nitrogen and oxygen atoms in total. The van der Waals surface area contributed by atoms with Gasteiger partial charge in [-0.2, -0.15) is 0 Å². The first kappa shape index (κ1) is 19.5. The van der Waals surface area contributed by atoms with E-state index >= 15 is 0 Å². The Labute approximate surface area is 178 Å². The topological polar surface area (TPSA) is 66.9 Å². The van der Waals surface area contributed by atoms with Gasteiger partial charge in [0.2, 0.25) is 11.8 Å². The second-order valence-corrected chi connectivity index (χ2v) is 8.15. The maximum Gasteiger partial charge on any atom is 0.254 e. The van der Waals surface area contributed by atoms with E-state index in [1.807, 2.05) is 12.2 Å². The highest BCUT2D eigenvalue weighted by Gasteiger charge is 2.52. The minimum atomic E-state index is -0.353. The third-order valence-corrected chi connectivity index (χ3v) is 6.19. The van der Waals surface area contributed by atoms with Gasteiger partial charge in [0.15, 0.2) is 0 Å². The van der Waals surface area contributed by atoms with Crippen molar-refractivity contribution in [1.29, 1.82) is 0 Å². The lowest BCUT2D eigenvalue weighted by Gasteiger charge is -2.43. The first-order chi connectivity index (χ1) is 15.0. The number of carbonyl (C=O) groups is 3. The number of benzene rings is 2. The van der Waals surface area contributed by atoms with Crippen LogP contribution < -0.4 is 4.74 Å². The van der Waals surface area contributed by atoms with E-state index in [-0.39, 0.29) is 41.4 Å². The second-order valence-electron chi connectivity index (χ2n) is 8.15. The van der Waals surface area contributed by atoms with Crippen LogP contribution in [0.3, 0.4) is 0 Å². The molecule has 158 valence electrons. The standard InChI is InChI=1S/C24H21FN2O4/c25-16-8-10-18(11-9-16)31-19-5-3-4-15(12-19)22(28)26-13-17(14-26)27-23(29)20-6-1-2-7-21(20)24(27)30/h1-5,8-12,17,20-21H,6-7,13-14H2. The maximum atomic E-state index is 13.1. The molecule has 0 N–H and O–H groups in total. The van der Waals surface area contributed by atoms with E-state index in [1.165, 1.54) is 29.2 Å². The summed E-state index contributed by atoms with van der Waals surface area (Å²) >= 11 is 0. The minimum absolute atomic E-state index is 0.105. The number of amides is 3. The maximum absolute atomic E-state index is 13.1. The van der Waals surface area contributed by atoms with Crippen molar-refractivity contribution in [2.45, 2.75) is 18.9 Å². The van der Waals surface area contributed by atoms with E-state index in [9.17, 15) is 18.8 Å². The fourth-order valence-corrected chi connectivity index (χ4v) is 4.48. The first-order valence-electron chi connectivity index (χ1n) is 10.4. The highest BCUT2D eigenvalue weighted by molar-refractivity contribution is 6.06. The number of fused-ring (bicyclic) bond motifs is 1. The van der Waals surface area contributed by atoms with Crippen LogP contribution in [0.2, 0.25) is 0 Å². The van der Waals surface area contributed by atoms with Gasteiger partial charge in [-0.05, 0) is 55.3 Å². The van der Waals surface area contributed by atoms with Crippen molar-refractivity contribution in [2.24, 2.45) is 11.8 Å². The van der Waals surface area contributed by atoms with Gasteiger partial charge < -0.3 is 9.64 Å². The van der Waals surface area contributed by atoms with Crippen LogP contribution in [0.1, 0.15) is 23.2 Å². The highest BCUT2D eigenvalue weighted by atomic mass is 19.1. The van der Waals surface area contributed by atoms with E-state index in [0.29, 0.717) is 43.0 Å². The molecule has 0 radical (unpaired) electrons. The van der Waals surface area contributed by atoms with Gasteiger partial charge in [0.25, 0.3) is 5.91 Å². The fraction of sp³-hybridized carbons (Fsp3) is 0.292. The van der Waals surface area contributed by atoms with E-state index in [4.69, 9.17) is 4.74 Å². The van der Waals surface area contributed by atoms with E-state index in [2.05, 4.69) is 0 Å². The summed E-state index contributed by atoms with van der Waals surface area (Å²) in [4.78, 5) is 41.3. The number of rotatable bonds is 4. The molecule has 2 heterocycles. The van der Waals surface area contributed by atoms with Crippen molar-refractivity contribution < 1.29 is 23.5 Å². The van der Waals surface area contributed by atoms with Gasteiger partial charge in [-0.25, -0.2) is 4.39 Å². The quantitative estimate of drug-likeness (QED) is 0.562. The summed E-state index contributed by atoms with van der Waals surface area (Å²) in [7, 11) is 0. The van der Waals surface area contributed by atoms with Crippen molar-refractivity contribution >= 4 is 17.7 Å². The Morgan fingerprint density at radius 1 is 0.903 bits per heavy atom. The molecule has 5 rings (SSSR count). The SMILES string of the molecule is O=C(c1cccc(Oc2ccc(F)cc2)c1)N1CC(N2C(=O)C3CC=CCC3C2=O)C1. The van der Waals surface area contributed by atoms with Crippen molar-refractivity contribution in [3.05, 3.63) is 72.1 Å². The molecule has 0 spiro atoms. The molecule has 7 heteroatoms. The Morgan fingerprint density at radius 2 is 1.55 bits per heavy atom. The molecule has 2 aliphatic heterocycles. The smallest absolute Gasteiger partial charge is 0.254 e. The van der Waals surface area contributed by atoms with Gasteiger partial charge in [0, 0.05) is 18.7 Å². The Bertz CT molecular complexity index is 1050. The van der Waals surface area contributed by atoms with Crippen LogP contribution in [0.25, 0.3) is 0 Å².